The van der Waals surface area contributed by atoms with Crippen LogP contribution >= 0.6 is 11.3 Å². The lowest BCUT2D eigenvalue weighted by Crippen LogP contribution is -2.42. The van der Waals surface area contributed by atoms with Crippen LogP contribution in [-0.4, -0.2) is 44.7 Å². The Balaban J connectivity index is 1.63. The molecule has 2 aliphatic heterocycles. The quantitative estimate of drug-likeness (QED) is 0.858. The van der Waals surface area contributed by atoms with E-state index in [1.165, 1.54) is 11.3 Å². The predicted molar refractivity (Wildman–Crippen MR) is 106 cm³/mol. The van der Waals surface area contributed by atoms with Crippen LogP contribution in [0.1, 0.15) is 65.4 Å². The average molecular weight is 401 g/mol. The zero-order valence-corrected chi connectivity index (χ0v) is 16.8. The molecule has 7 nitrogen and oxygen atoms in total. The summed E-state index contributed by atoms with van der Waals surface area (Å²) < 4.78 is 0. The molecule has 0 unspecified atom stereocenters. The van der Waals surface area contributed by atoms with Crippen LogP contribution in [0, 0.1) is 0 Å². The predicted octanol–water partition coefficient (Wildman–Crippen LogP) is 2.49. The van der Waals surface area contributed by atoms with Gasteiger partial charge in [0.1, 0.15) is 5.82 Å². The first-order valence-corrected chi connectivity index (χ1v) is 10.7. The van der Waals surface area contributed by atoms with Crippen LogP contribution in [0.4, 0.5) is 0 Å². The molecule has 0 aromatic carbocycles. The molecular formula is C20H24N4O3S. The number of amides is 2. The van der Waals surface area contributed by atoms with Crippen molar-refractivity contribution < 1.29 is 9.59 Å². The minimum atomic E-state index is -0.192. The van der Waals surface area contributed by atoms with Crippen molar-refractivity contribution in [1.82, 2.24) is 19.8 Å². The van der Waals surface area contributed by atoms with Crippen molar-refractivity contribution in [3.8, 4) is 0 Å². The van der Waals surface area contributed by atoms with Gasteiger partial charge in [0, 0.05) is 25.1 Å². The number of likely N-dealkylation sites (tertiary alicyclic amines) is 1. The lowest BCUT2D eigenvalue weighted by atomic mass is 10.00. The number of hydrogen-bond donors (Lipinski definition) is 1. The number of hydrogen-bond acceptors (Lipinski definition) is 5. The zero-order chi connectivity index (χ0) is 19.7. The number of aromatic nitrogens is 2. The second-order valence-corrected chi connectivity index (χ2v) is 8.23. The fraction of sp³-hybridized carbons (Fsp3) is 0.500. The van der Waals surface area contributed by atoms with E-state index in [1.54, 1.807) is 4.90 Å². The smallest absolute Gasteiger partial charge is 0.264 e. The summed E-state index contributed by atoms with van der Waals surface area (Å²) in [6, 6.07) is 3.48. The van der Waals surface area contributed by atoms with Crippen LogP contribution in [-0.2, 0) is 17.8 Å². The average Bonchev–Trinajstić information content (AvgIpc) is 3.27. The van der Waals surface area contributed by atoms with Crippen LogP contribution < -0.4 is 5.56 Å². The lowest BCUT2D eigenvalue weighted by Gasteiger charge is -2.35. The maximum atomic E-state index is 12.7. The minimum Gasteiger partial charge on any atom is -0.333 e. The third-order valence-corrected chi connectivity index (χ3v) is 6.41. The monoisotopic (exact) mass is 400 g/mol. The molecule has 0 aliphatic carbocycles. The van der Waals surface area contributed by atoms with E-state index in [2.05, 4.69) is 4.98 Å². The minimum absolute atomic E-state index is 0.0234. The van der Waals surface area contributed by atoms with E-state index in [4.69, 9.17) is 4.98 Å². The summed E-state index contributed by atoms with van der Waals surface area (Å²) in [4.78, 5) is 49.7. The van der Waals surface area contributed by atoms with E-state index in [0.29, 0.717) is 54.4 Å². The molecule has 148 valence electrons. The molecule has 0 saturated carbocycles. The molecule has 1 fully saturated rings. The highest BCUT2D eigenvalue weighted by Gasteiger charge is 2.31. The van der Waals surface area contributed by atoms with E-state index >= 15 is 0 Å². The molecule has 8 heteroatoms. The molecule has 2 aromatic heterocycles. The van der Waals surface area contributed by atoms with Gasteiger partial charge in [-0.1, -0.05) is 13.0 Å². The lowest BCUT2D eigenvalue weighted by molar-refractivity contribution is -0.134. The summed E-state index contributed by atoms with van der Waals surface area (Å²) in [6.07, 6.45) is 3.71. The molecule has 0 bridgehead atoms. The third kappa shape index (κ3) is 3.48. The van der Waals surface area contributed by atoms with Crippen LogP contribution in [0.15, 0.2) is 22.3 Å². The van der Waals surface area contributed by atoms with E-state index in [0.717, 1.165) is 19.3 Å². The number of H-pyrrole nitrogens is 1. The van der Waals surface area contributed by atoms with Crippen LogP contribution in [0.5, 0.6) is 0 Å². The summed E-state index contributed by atoms with van der Waals surface area (Å²) in [5.74, 6) is 0.611. The Bertz CT molecular complexity index is 937. The van der Waals surface area contributed by atoms with Gasteiger partial charge in [-0.25, -0.2) is 4.98 Å². The number of fused-ring (bicyclic) bond motifs is 1. The van der Waals surface area contributed by atoms with Crippen molar-refractivity contribution in [3.05, 3.63) is 49.8 Å². The third-order valence-electron chi connectivity index (χ3n) is 5.55. The van der Waals surface area contributed by atoms with Crippen LogP contribution in [0.25, 0.3) is 0 Å². The Morgan fingerprint density at radius 1 is 1.32 bits per heavy atom. The topological polar surface area (TPSA) is 86.4 Å². The number of aromatic amines is 1. The second kappa shape index (κ2) is 7.87. The summed E-state index contributed by atoms with van der Waals surface area (Å²) in [5, 5.41) is 1.88. The number of nitrogens with zero attached hydrogens (tertiary/aromatic N) is 3. The highest BCUT2D eigenvalue weighted by Crippen LogP contribution is 2.30. The summed E-state index contributed by atoms with van der Waals surface area (Å²) in [5.41, 5.74) is 1.17. The first kappa shape index (κ1) is 18.9. The molecule has 1 atom stereocenters. The normalized spacial score (nSPS) is 19.4. The number of carbonyl (C=O) groups is 2. The van der Waals surface area contributed by atoms with E-state index < -0.39 is 0 Å². The van der Waals surface area contributed by atoms with Crippen molar-refractivity contribution >= 4 is 23.2 Å². The fourth-order valence-electron chi connectivity index (χ4n) is 4.06. The van der Waals surface area contributed by atoms with Gasteiger partial charge in [0.2, 0.25) is 5.91 Å². The first-order chi connectivity index (χ1) is 13.6. The van der Waals surface area contributed by atoms with Gasteiger partial charge in [-0.05, 0) is 37.1 Å². The Kier molecular flexibility index (Phi) is 5.30. The van der Waals surface area contributed by atoms with Crippen molar-refractivity contribution in [1.29, 1.82) is 0 Å². The summed E-state index contributed by atoms with van der Waals surface area (Å²) in [6.45, 7) is 3.39. The van der Waals surface area contributed by atoms with Crippen molar-refractivity contribution in [2.45, 2.75) is 51.6 Å². The maximum absolute atomic E-state index is 12.7. The Hall–Kier alpha value is -2.48. The molecule has 0 spiro atoms. The van der Waals surface area contributed by atoms with Crippen LogP contribution in [0.2, 0.25) is 0 Å². The molecule has 1 N–H and O–H groups in total. The second-order valence-electron chi connectivity index (χ2n) is 7.28. The SMILES string of the molecule is CCC(=O)N1CCCC[C@@H]1c1nc2c(c(=O)[nH]1)CCN(C(=O)c1cccs1)C2. The van der Waals surface area contributed by atoms with E-state index in [-0.39, 0.29) is 23.4 Å². The van der Waals surface area contributed by atoms with Gasteiger partial charge in [0.15, 0.2) is 0 Å². The molecule has 1 saturated heterocycles. The van der Waals surface area contributed by atoms with Gasteiger partial charge in [0.05, 0.1) is 23.2 Å². The Labute approximate surface area is 167 Å². The van der Waals surface area contributed by atoms with E-state index in [1.807, 2.05) is 29.3 Å². The van der Waals surface area contributed by atoms with Gasteiger partial charge in [-0.15, -0.1) is 11.3 Å². The van der Waals surface area contributed by atoms with Crippen molar-refractivity contribution in [3.63, 3.8) is 0 Å². The first-order valence-electron chi connectivity index (χ1n) is 9.82. The van der Waals surface area contributed by atoms with E-state index in [9.17, 15) is 14.4 Å². The summed E-state index contributed by atoms with van der Waals surface area (Å²) >= 11 is 1.42. The number of thiophene rings is 1. The molecule has 28 heavy (non-hydrogen) atoms. The highest BCUT2D eigenvalue weighted by molar-refractivity contribution is 7.12. The van der Waals surface area contributed by atoms with Gasteiger partial charge in [-0.3, -0.25) is 14.4 Å². The van der Waals surface area contributed by atoms with Gasteiger partial charge >= 0.3 is 0 Å². The maximum Gasteiger partial charge on any atom is 0.264 e. The Morgan fingerprint density at radius 2 is 2.18 bits per heavy atom. The largest absolute Gasteiger partial charge is 0.333 e. The van der Waals surface area contributed by atoms with Gasteiger partial charge in [0.25, 0.3) is 11.5 Å². The number of piperidine rings is 1. The number of nitrogens with one attached hydrogen (secondary N) is 1. The standard InChI is InChI=1S/C20H24N4O3S/c1-2-17(25)24-9-4-3-6-15(24)18-21-14-12-23(10-8-13(14)19(26)22-18)20(27)16-7-5-11-28-16/h5,7,11,15H,2-4,6,8-10,12H2,1H3,(H,21,22,26)/t15-/m1/s1. The van der Waals surface area contributed by atoms with Gasteiger partial charge < -0.3 is 14.8 Å². The molecular weight excluding hydrogens is 376 g/mol. The number of rotatable bonds is 3. The molecule has 2 amide bonds. The molecule has 2 aliphatic rings. The summed E-state index contributed by atoms with van der Waals surface area (Å²) in [7, 11) is 0. The fourth-order valence-corrected chi connectivity index (χ4v) is 4.75. The van der Waals surface area contributed by atoms with Crippen molar-refractivity contribution in [2.75, 3.05) is 13.1 Å². The van der Waals surface area contributed by atoms with Crippen molar-refractivity contribution in [2.24, 2.45) is 0 Å². The number of carbonyl (C=O) groups excluding carboxylic acids is 2. The molecule has 2 aromatic rings. The molecule has 4 heterocycles. The highest BCUT2D eigenvalue weighted by atomic mass is 32.1. The zero-order valence-electron chi connectivity index (χ0n) is 15.9. The van der Waals surface area contributed by atoms with Crippen LogP contribution in [0.3, 0.4) is 0 Å². The Morgan fingerprint density at radius 3 is 2.93 bits per heavy atom. The molecule has 4 rings (SSSR count). The molecule has 0 radical (unpaired) electrons. The van der Waals surface area contributed by atoms with Gasteiger partial charge in [-0.2, -0.15) is 0 Å².